The zero-order chi connectivity index (χ0) is 13.3. The summed E-state index contributed by atoms with van der Waals surface area (Å²) in [6, 6.07) is 10.2. The van der Waals surface area contributed by atoms with Crippen LogP contribution in [-0.4, -0.2) is 22.9 Å². The smallest absolute Gasteiger partial charge is 0.119 e. The number of ether oxygens (including phenoxy) is 1. The van der Waals surface area contributed by atoms with Crippen LogP contribution in [0.5, 0.6) is 5.75 Å². The maximum Gasteiger partial charge on any atom is 0.119 e. The van der Waals surface area contributed by atoms with Gasteiger partial charge in [-0.05, 0) is 36.7 Å². The average Bonchev–Trinajstić information content (AvgIpc) is 2.94. The highest BCUT2D eigenvalue weighted by atomic mass is 16.5. The van der Waals surface area contributed by atoms with E-state index in [1.807, 2.05) is 29.1 Å². The van der Waals surface area contributed by atoms with E-state index in [2.05, 4.69) is 29.5 Å². The summed E-state index contributed by atoms with van der Waals surface area (Å²) in [6.07, 6.45) is 4.87. The maximum atomic E-state index is 5.68. The van der Waals surface area contributed by atoms with Crippen LogP contribution in [0.1, 0.15) is 18.9 Å². The van der Waals surface area contributed by atoms with E-state index in [9.17, 15) is 0 Å². The van der Waals surface area contributed by atoms with Gasteiger partial charge in [-0.25, -0.2) is 0 Å². The Bertz CT molecular complexity index is 451. The van der Waals surface area contributed by atoms with Crippen molar-refractivity contribution < 1.29 is 4.74 Å². The molecule has 4 nitrogen and oxygen atoms in total. The molecule has 0 spiro atoms. The van der Waals surface area contributed by atoms with Crippen molar-refractivity contribution in [2.45, 2.75) is 26.4 Å². The van der Waals surface area contributed by atoms with Crippen molar-refractivity contribution in [3.63, 3.8) is 0 Å². The molecular weight excluding hydrogens is 238 g/mol. The van der Waals surface area contributed by atoms with Gasteiger partial charge in [0, 0.05) is 18.9 Å². The molecule has 1 heterocycles. The fraction of sp³-hybridized carbons (Fsp3) is 0.400. The number of rotatable bonds is 8. The molecule has 0 saturated carbocycles. The Hall–Kier alpha value is -1.81. The molecule has 0 radical (unpaired) electrons. The fourth-order valence-corrected chi connectivity index (χ4v) is 1.80. The minimum atomic E-state index is 0.634. The zero-order valence-corrected chi connectivity index (χ0v) is 11.4. The summed E-state index contributed by atoms with van der Waals surface area (Å²) < 4.78 is 7.54. The first kappa shape index (κ1) is 13.6. The standard InChI is InChI=1S/C15H21N3O/c1-2-8-16-13-14-4-6-15(7-5-14)19-12-11-18-10-3-9-17-18/h3-7,9-10,16H,2,8,11-13H2,1H3. The highest BCUT2D eigenvalue weighted by molar-refractivity contribution is 5.27. The Kier molecular flexibility index (Phi) is 5.44. The molecule has 2 rings (SSSR count). The lowest BCUT2D eigenvalue weighted by Crippen LogP contribution is -2.13. The summed E-state index contributed by atoms with van der Waals surface area (Å²) in [5.74, 6) is 0.909. The summed E-state index contributed by atoms with van der Waals surface area (Å²) >= 11 is 0. The zero-order valence-electron chi connectivity index (χ0n) is 11.4. The van der Waals surface area contributed by atoms with Crippen LogP contribution in [-0.2, 0) is 13.1 Å². The molecule has 1 aromatic heterocycles. The van der Waals surface area contributed by atoms with Crippen molar-refractivity contribution >= 4 is 0 Å². The van der Waals surface area contributed by atoms with Gasteiger partial charge in [-0.1, -0.05) is 19.1 Å². The molecule has 0 fully saturated rings. The van der Waals surface area contributed by atoms with Gasteiger partial charge in [-0.3, -0.25) is 4.68 Å². The molecule has 0 aliphatic rings. The van der Waals surface area contributed by atoms with Crippen molar-refractivity contribution in [2.75, 3.05) is 13.2 Å². The van der Waals surface area contributed by atoms with Crippen LogP contribution in [0.4, 0.5) is 0 Å². The molecule has 0 saturated heterocycles. The molecule has 102 valence electrons. The molecule has 0 amide bonds. The lowest BCUT2D eigenvalue weighted by atomic mass is 10.2. The van der Waals surface area contributed by atoms with E-state index < -0.39 is 0 Å². The molecular formula is C15H21N3O. The molecule has 0 bridgehead atoms. The van der Waals surface area contributed by atoms with Crippen molar-refractivity contribution in [2.24, 2.45) is 0 Å². The maximum absolute atomic E-state index is 5.68. The van der Waals surface area contributed by atoms with Gasteiger partial charge in [0.1, 0.15) is 12.4 Å². The summed E-state index contributed by atoms with van der Waals surface area (Å²) in [6.45, 7) is 5.55. The minimum Gasteiger partial charge on any atom is -0.492 e. The monoisotopic (exact) mass is 259 g/mol. The highest BCUT2D eigenvalue weighted by Gasteiger charge is 1.96. The minimum absolute atomic E-state index is 0.634. The normalized spacial score (nSPS) is 10.6. The first-order chi connectivity index (χ1) is 9.38. The van der Waals surface area contributed by atoms with E-state index in [0.717, 1.165) is 31.8 Å². The molecule has 0 aliphatic carbocycles. The third-order valence-corrected chi connectivity index (χ3v) is 2.83. The molecule has 1 N–H and O–H groups in total. The third kappa shape index (κ3) is 4.75. The SMILES string of the molecule is CCCNCc1ccc(OCCn2cccn2)cc1. The second-order valence-corrected chi connectivity index (χ2v) is 4.44. The summed E-state index contributed by atoms with van der Waals surface area (Å²) in [5, 5.41) is 7.51. The van der Waals surface area contributed by atoms with Gasteiger partial charge >= 0.3 is 0 Å². The predicted molar refractivity (Wildman–Crippen MR) is 76.2 cm³/mol. The second-order valence-electron chi connectivity index (χ2n) is 4.44. The Morgan fingerprint density at radius 1 is 1.26 bits per heavy atom. The van der Waals surface area contributed by atoms with Crippen molar-refractivity contribution in [3.05, 3.63) is 48.3 Å². The van der Waals surface area contributed by atoms with Crippen LogP contribution in [0.25, 0.3) is 0 Å². The molecule has 1 aromatic carbocycles. The molecule has 0 atom stereocenters. The molecule has 0 aliphatic heterocycles. The number of hydrogen-bond donors (Lipinski definition) is 1. The quantitative estimate of drug-likeness (QED) is 0.740. The number of hydrogen-bond acceptors (Lipinski definition) is 3. The molecule has 4 heteroatoms. The van der Waals surface area contributed by atoms with Crippen LogP contribution < -0.4 is 10.1 Å². The van der Waals surface area contributed by atoms with Crippen molar-refractivity contribution in [1.29, 1.82) is 0 Å². The van der Waals surface area contributed by atoms with Gasteiger partial charge in [0.25, 0.3) is 0 Å². The summed E-state index contributed by atoms with van der Waals surface area (Å²) in [4.78, 5) is 0. The first-order valence-electron chi connectivity index (χ1n) is 6.78. The van der Waals surface area contributed by atoms with E-state index in [0.29, 0.717) is 6.61 Å². The fourth-order valence-electron chi connectivity index (χ4n) is 1.80. The summed E-state index contributed by atoms with van der Waals surface area (Å²) in [7, 11) is 0. The van der Waals surface area contributed by atoms with E-state index in [4.69, 9.17) is 4.74 Å². The Morgan fingerprint density at radius 3 is 2.79 bits per heavy atom. The van der Waals surface area contributed by atoms with Gasteiger partial charge < -0.3 is 10.1 Å². The first-order valence-corrected chi connectivity index (χ1v) is 6.78. The molecule has 2 aromatic rings. The van der Waals surface area contributed by atoms with Gasteiger partial charge in [-0.2, -0.15) is 5.10 Å². The van der Waals surface area contributed by atoms with Crippen LogP contribution in [0.15, 0.2) is 42.7 Å². The van der Waals surface area contributed by atoms with Gasteiger partial charge in [0.15, 0.2) is 0 Å². The topological polar surface area (TPSA) is 39.1 Å². The van der Waals surface area contributed by atoms with E-state index in [1.54, 1.807) is 6.20 Å². The van der Waals surface area contributed by atoms with Crippen molar-refractivity contribution in [3.8, 4) is 5.75 Å². The molecule has 19 heavy (non-hydrogen) atoms. The van der Waals surface area contributed by atoms with Crippen LogP contribution in [0.3, 0.4) is 0 Å². The number of nitrogens with one attached hydrogen (secondary N) is 1. The second kappa shape index (κ2) is 7.59. The van der Waals surface area contributed by atoms with E-state index in [-0.39, 0.29) is 0 Å². The number of nitrogens with zero attached hydrogens (tertiary/aromatic N) is 2. The lowest BCUT2D eigenvalue weighted by Gasteiger charge is -2.08. The molecule has 0 unspecified atom stereocenters. The van der Waals surface area contributed by atoms with E-state index in [1.165, 1.54) is 5.56 Å². The van der Waals surface area contributed by atoms with Crippen LogP contribution in [0, 0.1) is 0 Å². The Balaban J connectivity index is 1.72. The highest BCUT2D eigenvalue weighted by Crippen LogP contribution is 2.12. The van der Waals surface area contributed by atoms with Crippen LogP contribution >= 0.6 is 0 Å². The van der Waals surface area contributed by atoms with Gasteiger partial charge in [-0.15, -0.1) is 0 Å². The Labute approximate surface area is 114 Å². The number of benzene rings is 1. The van der Waals surface area contributed by atoms with E-state index >= 15 is 0 Å². The Morgan fingerprint density at radius 2 is 2.11 bits per heavy atom. The summed E-state index contributed by atoms with van der Waals surface area (Å²) in [5.41, 5.74) is 1.29. The van der Waals surface area contributed by atoms with Gasteiger partial charge in [0.05, 0.1) is 6.54 Å². The van der Waals surface area contributed by atoms with Crippen LogP contribution in [0.2, 0.25) is 0 Å². The largest absolute Gasteiger partial charge is 0.492 e. The van der Waals surface area contributed by atoms with Gasteiger partial charge in [0.2, 0.25) is 0 Å². The predicted octanol–water partition coefficient (Wildman–Crippen LogP) is 2.46. The third-order valence-electron chi connectivity index (χ3n) is 2.83. The lowest BCUT2D eigenvalue weighted by molar-refractivity contribution is 0.291. The average molecular weight is 259 g/mol. The van der Waals surface area contributed by atoms with Crippen molar-refractivity contribution in [1.82, 2.24) is 15.1 Å². The number of aromatic nitrogens is 2.